The molecule has 0 radical (unpaired) electrons. The number of aryl methyl sites for hydroxylation is 1. The maximum atomic E-state index is 5.88. The predicted molar refractivity (Wildman–Crippen MR) is 67.4 cm³/mol. The molecule has 1 aromatic heterocycles. The summed E-state index contributed by atoms with van der Waals surface area (Å²) in [7, 11) is 0. The Balaban J connectivity index is 2.35. The molecule has 1 aromatic carbocycles. The lowest BCUT2D eigenvalue weighted by Gasteiger charge is -2.10. The highest BCUT2D eigenvalue weighted by molar-refractivity contribution is 6.30. The van der Waals surface area contributed by atoms with Crippen LogP contribution in [-0.2, 0) is 0 Å². The van der Waals surface area contributed by atoms with Crippen molar-refractivity contribution in [3.8, 4) is 11.6 Å². The number of halogens is 1. The molecule has 0 aliphatic rings. The Bertz CT molecular complexity index is 557. The molecule has 0 fully saturated rings. The molecule has 17 heavy (non-hydrogen) atoms. The van der Waals surface area contributed by atoms with Crippen LogP contribution in [0.25, 0.3) is 0 Å². The average molecular weight is 250 g/mol. The number of hydrogen-bond acceptors (Lipinski definition) is 4. The zero-order valence-electron chi connectivity index (χ0n) is 9.57. The summed E-state index contributed by atoms with van der Waals surface area (Å²) in [5, 5.41) is 0.675. The first-order chi connectivity index (χ1) is 8.08. The van der Waals surface area contributed by atoms with Crippen molar-refractivity contribution in [2.45, 2.75) is 13.8 Å². The summed E-state index contributed by atoms with van der Waals surface area (Å²) in [6.07, 6.45) is 1.38. The fourth-order valence-electron chi connectivity index (χ4n) is 1.38. The Hall–Kier alpha value is -1.81. The number of ether oxygens (including phenoxy) is 1. The van der Waals surface area contributed by atoms with Crippen LogP contribution < -0.4 is 10.5 Å². The van der Waals surface area contributed by atoms with E-state index in [1.54, 1.807) is 12.1 Å². The molecule has 0 bridgehead atoms. The molecule has 0 unspecified atom stereocenters. The smallest absolute Gasteiger partial charge is 0.227 e. The fourth-order valence-corrected chi connectivity index (χ4v) is 1.61. The topological polar surface area (TPSA) is 61.0 Å². The van der Waals surface area contributed by atoms with Gasteiger partial charge in [-0.3, -0.25) is 0 Å². The number of benzene rings is 1. The highest BCUT2D eigenvalue weighted by Crippen LogP contribution is 2.28. The Morgan fingerprint density at radius 1 is 1.24 bits per heavy atom. The van der Waals surface area contributed by atoms with Gasteiger partial charge in [-0.2, -0.15) is 0 Å². The van der Waals surface area contributed by atoms with Crippen molar-refractivity contribution in [1.29, 1.82) is 0 Å². The van der Waals surface area contributed by atoms with Crippen molar-refractivity contribution in [3.63, 3.8) is 0 Å². The van der Waals surface area contributed by atoms with Gasteiger partial charge in [0, 0.05) is 5.02 Å². The van der Waals surface area contributed by atoms with E-state index < -0.39 is 0 Å². The first-order valence-corrected chi connectivity index (χ1v) is 5.47. The summed E-state index contributed by atoms with van der Waals surface area (Å²) in [6, 6.07) is 5.40. The van der Waals surface area contributed by atoms with Gasteiger partial charge in [-0.25, -0.2) is 9.97 Å². The van der Waals surface area contributed by atoms with Crippen LogP contribution in [0.2, 0.25) is 5.02 Å². The number of hydrogen-bond donors (Lipinski definition) is 1. The summed E-state index contributed by atoms with van der Waals surface area (Å²) in [5.41, 5.74) is 7.35. The van der Waals surface area contributed by atoms with Gasteiger partial charge in [0.05, 0.1) is 5.56 Å². The number of rotatable bonds is 2. The van der Waals surface area contributed by atoms with Gasteiger partial charge in [-0.1, -0.05) is 11.6 Å². The predicted octanol–water partition coefficient (Wildman–Crippen LogP) is 3.12. The van der Waals surface area contributed by atoms with Crippen LogP contribution in [0.4, 0.5) is 5.82 Å². The molecule has 0 atom stereocenters. The zero-order chi connectivity index (χ0) is 12.4. The van der Waals surface area contributed by atoms with Crippen LogP contribution in [0.5, 0.6) is 11.6 Å². The Labute approximate surface area is 104 Å². The summed E-state index contributed by atoms with van der Waals surface area (Å²) in [5.74, 6) is 1.58. The average Bonchev–Trinajstić information content (AvgIpc) is 2.28. The van der Waals surface area contributed by atoms with Crippen molar-refractivity contribution in [1.82, 2.24) is 9.97 Å². The molecular weight excluding hydrogens is 238 g/mol. The first kappa shape index (κ1) is 11.7. The molecule has 1 heterocycles. The summed E-state index contributed by atoms with van der Waals surface area (Å²) >= 11 is 5.88. The molecule has 2 N–H and O–H groups in total. The molecule has 0 amide bonds. The molecule has 0 saturated carbocycles. The van der Waals surface area contributed by atoms with Crippen molar-refractivity contribution >= 4 is 17.4 Å². The van der Waals surface area contributed by atoms with Crippen LogP contribution in [-0.4, -0.2) is 9.97 Å². The van der Waals surface area contributed by atoms with E-state index in [-0.39, 0.29) is 0 Å². The minimum atomic E-state index is 0.418. The van der Waals surface area contributed by atoms with Gasteiger partial charge in [0.1, 0.15) is 17.9 Å². The third-order valence-electron chi connectivity index (χ3n) is 2.42. The van der Waals surface area contributed by atoms with Gasteiger partial charge < -0.3 is 10.5 Å². The van der Waals surface area contributed by atoms with Gasteiger partial charge in [-0.15, -0.1) is 0 Å². The molecule has 2 aromatic rings. The van der Waals surface area contributed by atoms with Crippen molar-refractivity contribution in [2.75, 3.05) is 5.73 Å². The van der Waals surface area contributed by atoms with Gasteiger partial charge in [0.25, 0.3) is 0 Å². The number of nitrogens with two attached hydrogens (primary N) is 1. The molecule has 88 valence electrons. The Morgan fingerprint density at radius 2 is 2.00 bits per heavy atom. The highest BCUT2D eigenvalue weighted by atomic mass is 35.5. The van der Waals surface area contributed by atoms with E-state index in [9.17, 15) is 0 Å². The zero-order valence-corrected chi connectivity index (χ0v) is 10.3. The maximum Gasteiger partial charge on any atom is 0.227 e. The minimum absolute atomic E-state index is 0.418. The number of anilines is 1. The van der Waals surface area contributed by atoms with E-state index in [0.717, 1.165) is 11.1 Å². The lowest BCUT2D eigenvalue weighted by Crippen LogP contribution is -1.99. The SMILES string of the molecule is Cc1cc(Cl)ccc1Oc1ncnc(N)c1C. The van der Waals surface area contributed by atoms with Crippen LogP contribution in [0.1, 0.15) is 11.1 Å². The highest BCUT2D eigenvalue weighted by Gasteiger charge is 2.08. The van der Waals surface area contributed by atoms with Crippen LogP contribution in [0.15, 0.2) is 24.5 Å². The van der Waals surface area contributed by atoms with Crippen molar-refractivity contribution in [3.05, 3.63) is 40.7 Å². The summed E-state index contributed by atoms with van der Waals surface area (Å²) in [4.78, 5) is 7.93. The number of nitrogen functional groups attached to an aromatic ring is 1. The van der Waals surface area contributed by atoms with Gasteiger partial charge in [-0.05, 0) is 37.6 Å². The fraction of sp³-hybridized carbons (Fsp3) is 0.167. The second-order valence-electron chi connectivity index (χ2n) is 3.70. The second kappa shape index (κ2) is 4.59. The third-order valence-corrected chi connectivity index (χ3v) is 2.66. The molecule has 5 heteroatoms. The van der Waals surface area contributed by atoms with Crippen molar-refractivity contribution in [2.24, 2.45) is 0 Å². The normalized spacial score (nSPS) is 10.3. The quantitative estimate of drug-likeness (QED) is 0.888. The van der Waals surface area contributed by atoms with Gasteiger partial charge in [0.15, 0.2) is 0 Å². The van der Waals surface area contributed by atoms with E-state index >= 15 is 0 Å². The van der Waals surface area contributed by atoms with E-state index in [1.807, 2.05) is 19.9 Å². The Morgan fingerprint density at radius 3 is 2.71 bits per heavy atom. The summed E-state index contributed by atoms with van der Waals surface area (Å²) < 4.78 is 5.69. The van der Waals surface area contributed by atoms with E-state index in [2.05, 4.69) is 9.97 Å². The lowest BCUT2D eigenvalue weighted by atomic mass is 10.2. The summed E-state index contributed by atoms with van der Waals surface area (Å²) in [6.45, 7) is 3.73. The first-order valence-electron chi connectivity index (χ1n) is 5.09. The second-order valence-corrected chi connectivity index (χ2v) is 4.14. The molecule has 0 aliphatic heterocycles. The molecular formula is C12H12ClN3O. The molecule has 0 saturated heterocycles. The Kier molecular flexibility index (Phi) is 3.15. The van der Waals surface area contributed by atoms with Crippen LogP contribution in [0, 0.1) is 13.8 Å². The molecule has 4 nitrogen and oxygen atoms in total. The van der Waals surface area contributed by atoms with Crippen molar-refractivity contribution < 1.29 is 4.74 Å². The standard InChI is InChI=1S/C12H12ClN3O/c1-7-5-9(13)3-4-10(7)17-12-8(2)11(14)15-6-16-12/h3-6H,1-2H3,(H2,14,15,16). The third kappa shape index (κ3) is 2.47. The largest absolute Gasteiger partial charge is 0.438 e. The van der Waals surface area contributed by atoms with E-state index in [4.69, 9.17) is 22.1 Å². The number of nitrogens with zero attached hydrogens (tertiary/aromatic N) is 2. The maximum absolute atomic E-state index is 5.88. The molecule has 0 aliphatic carbocycles. The molecule has 0 spiro atoms. The van der Waals surface area contributed by atoms with Gasteiger partial charge >= 0.3 is 0 Å². The van der Waals surface area contributed by atoms with Gasteiger partial charge in [0.2, 0.25) is 5.88 Å². The van der Waals surface area contributed by atoms with Crippen LogP contribution >= 0.6 is 11.6 Å². The van der Waals surface area contributed by atoms with E-state index in [0.29, 0.717) is 22.5 Å². The van der Waals surface area contributed by atoms with Crippen LogP contribution in [0.3, 0.4) is 0 Å². The molecule has 2 rings (SSSR count). The number of aromatic nitrogens is 2. The monoisotopic (exact) mass is 249 g/mol. The lowest BCUT2D eigenvalue weighted by molar-refractivity contribution is 0.454. The van der Waals surface area contributed by atoms with E-state index in [1.165, 1.54) is 6.33 Å². The minimum Gasteiger partial charge on any atom is -0.438 e.